The largest absolute Gasteiger partial charge is 0.454 e. The van der Waals surface area contributed by atoms with Gasteiger partial charge in [0.15, 0.2) is 11.5 Å². The number of hydrogen-bond donors (Lipinski definition) is 0. The van der Waals surface area contributed by atoms with E-state index in [2.05, 4.69) is 36.8 Å². The summed E-state index contributed by atoms with van der Waals surface area (Å²) in [7, 11) is 0. The molecule has 2 aromatic rings. The van der Waals surface area contributed by atoms with Crippen molar-refractivity contribution < 1.29 is 9.47 Å². The first-order valence-electron chi connectivity index (χ1n) is 5.62. The van der Waals surface area contributed by atoms with Crippen LogP contribution in [-0.2, 0) is 0 Å². The van der Waals surface area contributed by atoms with E-state index in [1.807, 2.05) is 36.4 Å². The van der Waals surface area contributed by atoms with Crippen LogP contribution < -0.4 is 9.47 Å². The summed E-state index contributed by atoms with van der Waals surface area (Å²) in [6, 6.07) is 7.76. The number of pyridine rings is 1. The summed E-state index contributed by atoms with van der Waals surface area (Å²) in [4.78, 5) is 4.18. The van der Waals surface area contributed by atoms with Gasteiger partial charge in [-0.15, -0.1) is 0 Å². The zero-order chi connectivity index (χ0) is 13.2. The Labute approximate surface area is 127 Å². The molecule has 19 heavy (non-hydrogen) atoms. The van der Waals surface area contributed by atoms with Crippen LogP contribution in [0.3, 0.4) is 0 Å². The summed E-state index contributed by atoms with van der Waals surface area (Å²) < 4.78 is 12.5. The van der Waals surface area contributed by atoms with Crippen LogP contribution >= 0.6 is 31.9 Å². The van der Waals surface area contributed by atoms with Crippen molar-refractivity contribution in [2.45, 2.75) is 0 Å². The summed E-state index contributed by atoms with van der Waals surface area (Å²) in [5, 5.41) is 0. The van der Waals surface area contributed by atoms with Gasteiger partial charge in [0.2, 0.25) is 6.79 Å². The highest BCUT2D eigenvalue weighted by Crippen LogP contribution is 2.37. The third-order valence-corrected chi connectivity index (χ3v) is 4.07. The Morgan fingerprint density at radius 3 is 2.58 bits per heavy atom. The summed E-state index contributed by atoms with van der Waals surface area (Å²) in [6.45, 7) is 0.281. The zero-order valence-corrected chi connectivity index (χ0v) is 12.9. The predicted octanol–water partition coefficient (Wildman–Crippen LogP) is 4.51. The van der Waals surface area contributed by atoms with Crippen LogP contribution in [0, 0.1) is 0 Å². The molecule has 0 radical (unpaired) electrons. The smallest absolute Gasteiger partial charge is 0.231 e. The van der Waals surface area contributed by atoms with Crippen LogP contribution in [0.5, 0.6) is 11.5 Å². The van der Waals surface area contributed by atoms with Gasteiger partial charge >= 0.3 is 0 Å². The van der Waals surface area contributed by atoms with E-state index in [-0.39, 0.29) is 6.79 Å². The molecule has 0 bridgehead atoms. The lowest BCUT2D eigenvalue weighted by Gasteiger charge is -2.02. The van der Waals surface area contributed by atoms with Gasteiger partial charge in [-0.2, -0.15) is 0 Å². The van der Waals surface area contributed by atoms with E-state index in [0.29, 0.717) is 0 Å². The molecule has 96 valence electrons. The first-order chi connectivity index (χ1) is 9.24. The summed E-state index contributed by atoms with van der Waals surface area (Å²) in [5.74, 6) is 1.54. The van der Waals surface area contributed by atoms with Crippen molar-refractivity contribution in [3.63, 3.8) is 0 Å². The molecule has 0 unspecified atom stereocenters. The quantitative estimate of drug-likeness (QED) is 0.716. The molecule has 1 aromatic carbocycles. The fourth-order valence-electron chi connectivity index (χ4n) is 1.76. The summed E-state index contributed by atoms with van der Waals surface area (Å²) in [5.41, 5.74) is 2.05. The van der Waals surface area contributed by atoms with E-state index >= 15 is 0 Å². The molecule has 3 nitrogen and oxygen atoms in total. The van der Waals surface area contributed by atoms with Gasteiger partial charge in [0, 0.05) is 16.2 Å². The molecule has 1 aliphatic heterocycles. The van der Waals surface area contributed by atoms with Crippen molar-refractivity contribution in [2.24, 2.45) is 0 Å². The number of rotatable bonds is 2. The molecule has 2 heterocycles. The average Bonchev–Trinajstić information content (AvgIpc) is 2.84. The fraction of sp³-hybridized carbons (Fsp3) is 0.0714. The Kier molecular flexibility index (Phi) is 3.57. The van der Waals surface area contributed by atoms with Gasteiger partial charge in [-0.05, 0) is 39.7 Å². The number of fused-ring (bicyclic) bond motifs is 1. The van der Waals surface area contributed by atoms with Gasteiger partial charge in [0.1, 0.15) is 4.60 Å². The zero-order valence-electron chi connectivity index (χ0n) is 9.77. The van der Waals surface area contributed by atoms with Crippen molar-refractivity contribution in [3.05, 3.63) is 50.7 Å². The third kappa shape index (κ3) is 2.67. The van der Waals surface area contributed by atoms with Gasteiger partial charge < -0.3 is 9.47 Å². The second-order valence-electron chi connectivity index (χ2n) is 3.94. The maximum absolute atomic E-state index is 5.37. The Morgan fingerprint density at radius 2 is 1.79 bits per heavy atom. The van der Waals surface area contributed by atoms with E-state index in [1.54, 1.807) is 6.20 Å². The Bertz CT molecular complexity index is 656. The van der Waals surface area contributed by atoms with Crippen molar-refractivity contribution in [2.75, 3.05) is 6.79 Å². The van der Waals surface area contributed by atoms with E-state index in [9.17, 15) is 0 Å². The number of benzene rings is 1. The molecule has 1 aromatic heterocycles. The number of ether oxygens (including phenoxy) is 2. The molecule has 5 heteroatoms. The molecule has 0 spiro atoms. The van der Waals surface area contributed by atoms with Gasteiger partial charge in [0.05, 0.1) is 0 Å². The highest BCUT2D eigenvalue weighted by Gasteiger charge is 2.15. The molecule has 1 aliphatic rings. The maximum atomic E-state index is 5.37. The normalized spacial score (nSPS) is 13.2. The molecule has 0 atom stereocenters. The first kappa shape index (κ1) is 12.7. The van der Waals surface area contributed by atoms with Crippen molar-refractivity contribution >= 4 is 44.0 Å². The highest BCUT2D eigenvalue weighted by molar-refractivity contribution is 9.10. The number of hydrogen-bond acceptors (Lipinski definition) is 3. The van der Waals surface area contributed by atoms with Crippen LogP contribution in [0.25, 0.3) is 12.2 Å². The number of nitrogens with zero attached hydrogens (tertiary/aromatic N) is 1. The van der Waals surface area contributed by atoms with E-state index in [4.69, 9.17) is 9.47 Å². The molecule has 0 N–H and O–H groups in total. The molecule has 0 fully saturated rings. The van der Waals surface area contributed by atoms with Gasteiger partial charge in [0.25, 0.3) is 0 Å². The summed E-state index contributed by atoms with van der Waals surface area (Å²) >= 11 is 6.95. The highest BCUT2D eigenvalue weighted by atomic mass is 79.9. The van der Waals surface area contributed by atoms with Crippen LogP contribution in [0.1, 0.15) is 11.1 Å². The SMILES string of the molecule is Brc1cc2c(cc1/C=C\c1cccnc1Br)OCO2. The lowest BCUT2D eigenvalue weighted by molar-refractivity contribution is 0.174. The second kappa shape index (κ2) is 5.35. The lowest BCUT2D eigenvalue weighted by Crippen LogP contribution is -1.92. The predicted molar refractivity (Wildman–Crippen MR) is 81.1 cm³/mol. The molecule has 3 rings (SSSR count). The molecular weight excluding hydrogens is 374 g/mol. The van der Waals surface area contributed by atoms with Crippen molar-refractivity contribution in [1.82, 2.24) is 4.98 Å². The summed E-state index contributed by atoms with van der Waals surface area (Å²) in [6.07, 6.45) is 5.76. The van der Waals surface area contributed by atoms with Gasteiger partial charge in [-0.1, -0.05) is 34.1 Å². The Balaban J connectivity index is 1.94. The second-order valence-corrected chi connectivity index (χ2v) is 5.55. The fourth-order valence-corrected chi connectivity index (χ4v) is 2.60. The maximum Gasteiger partial charge on any atom is 0.231 e. The minimum Gasteiger partial charge on any atom is -0.454 e. The van der Waals surface area contributed by atoms with E-state index in [1.165, 1.54) is 0 Å². The molecule has 0 saturated heterocycles. The standard InChI is InChI=1S/C14H9Br2NO2/c15-11-7-13-12(18-8-19-13)6-10(11)4-3-9-2-1-5-17-14(9)16/h1-7H,8H2/b4-3-. The van der Waals surface area contributed by atoms with E-state index in [0.717, 1.165) is 31.7 Å². The monoisotopic (exact) mass is 381 g/mol. The lowest BCUT2D eigenvalue weighted by atomic mass is 10.1. The molecule has 0 saturated carbocycles. The van der Waals surface area contributed by atoms with Gasteiger partial charge in [-0.3, -0.25) is 0 Å². The third-order valence-electron chi connectivity index (χ3n) is 2.72. The average molecular weight is 383 g/mol. The topological polar surface area (TPSA) is 31.4 Å². The van der Waals surface area contributed by atoms with Gasteiger partial charge in [-0.25, -0.2) is 4.98 Å². The number of halogens is 2. The molecular formula is C14H9Br2NO2. The molecule has 0 amide bonds. The first-order valence-corrected chi connectivity index (χ1v) is 7.20. The van der Waals surface area contributed by atoms with Crippen LogP contribution in [0.4, 0.5) is 0 Å². The molecule has 0 aliphatic carbocycles. The van der Waals surface area contributed by atoms with Crippen LogP contribution in [0.2, 0.25) is 0 Å². The Hall–Kier alpha value is -1.33. The minimum absolute atomic E-state index is 0.281. The van der Waals surface area contributed by atoms with Crippen molar-refractivity contribution in [1.29, 1.82) is 0 Å². The minimum atomic E-state index is 0.281. The number of aromatic nitrogens is 1. The van der Waals surface area contributed by atoms with E-state index < -0.39 is 0 Å². The van der Waals surface area contributed by atoms with Crippen LogP contribution in [0.15, 0.2) is 39.5 Å². The Morgan fingerprint density at radius 1 is 1.05 bits per heavy atom. The van der Waals surface area contributed by atoms with Crippen LogP contribution in [-0.4, -0.2) is 11.8 Å². The van der Waals surface area contributed by atoms with Crippen molar-refractivity contribution in [3.8, 4) is 11.5 Å².